The highest BCUT2D eigenvalue weighted by molar-refractivity contribution is 6.33. The number of carbonyl (C=O) groups is 1. The molecule has 0 radical (unpaired) electrons. The van der Waals surface area contributed by atoms with Gasteiger partial charge in [-0.1, -0.05) is 23.7 Å². The number of nitrogens with one attached hydrogen (secondary N) is 1. The van der Waals surface area contributed by atoms with Crippen LogP contribution in [-0.4, -0.2) is 25.6 Å². The lowest BCUT2D eigenvalue weighted by Crippen LogP contribution is -2.06. The van der Waals surface area contributed by atoms with Crippen LogP contribution in [0.3, 0.4) is 0 Å². The number of fused-ring (bicyclic) bond motifs is 1. The predicted octanol–water partition coefficient (Wildman–Crippen LogP) is 4.39. The highest BCUT2D eigenvalue weighted by atomic mass is 35.5. The molecule has 7 nitrogen and oxygen atoms in total. The molecule has 0 aliphatic rings. The van der Waals surface area contributed by atoms with E-state index in [1.165, 1.54) is 0 Å². The molecule has 4 rings (SSSR count). The zero-order valence-electron chi connectivity index (χ0n) is 13.9. The van der Waals surface area contributed by atoms with E-state index in [-0.39, 0.29) is 0 Å². The van der Waals surface area contributed by atoms with Crippen molar-refractivity contribution in [2.75, 3.05) is 11.1 Å². The number of anilines is 2. The fourth-order valence-corrected chi connectivity index (χ4v) is 2.99. The van der Waals surface area contributed by atoms with Gasteiger partial charge in [-0.25, -0.2) is 14.8 Å². The number of rotatable bonds is 3. The summed E-state index contributed by atoms with van der Waals surface area (Å²) in [4.78, 5) is 19.6. The Kier molecular flexibility index (Phi) is 4.13. The maximum Gasteiger partial charge on any atom is 0.409 e. The molecule has 4 N–H and O–H groups in total. The third-order valence-electron chi connectivity index (χ3n) is 4.05. The number of hydrogen-bond donors (Lipinski definition) is 3. The summed E-state index contributed by atoms with van der Waals surface area (Å²) in [5.74, 6) is 0.538. The van der Waals surface area contributed by atoms with Gasteiger partial charge in [-0.3, -0.25) is 9.72 Å². The molecule has 1 amide bonds. The molecule has 2 aromatic heterocycles. The quantitative estimate of drug-likeness (QED) is 0.458. The van der Waals surface area contributed by atoms with Crippen LogP contribution in [0.25, 0.3) is 28.2 Å². The summed E-state index contributed by atoms with van der Waals surface area (Å²) in [5.41, 5.74) is 10.1. The minimum Gasteiger partial charge on any atom is -0.465 e. The highest BCUT2D eigenvalue weighted by Crippen LogP contribution is 2.29. The van der Waals surface area contributed by atoms with Gasteiger partial charge in [0.25, 0.3) is 0 Å². The Labute approximate surface area is 159 Å². The van der Waals surface area contributed by atoms with E-state index in [1.807, 2.05) is 28.9 Å². The molecule has 27 heavy (non-hydrogen) atoms. The molecule has 134 valence electrons. The summed E-state index contributed by atoms with van der Waals surface area (Å²) in [7, 11) is 0. The van der Waals surface area contributed by atoms with Gasteiger partial charge in [0.2, 0.25) is 5.78 Å². The molecule has 0 saturated carbocycles. The molecule has 2 aromatic carbocycles. The van der Waals surface area contributed by atoms with E-state index in [0.29, 0.717) is 27.9 Å². The lowest BCUT2D eigenvalue weighted by atomic mass is 10.1. The number of imidazole rings is 1. The van der Waals surface area contributed by atoms with Crippen molar-refractivity contribution in [2.45, 2.75) is 0 Å². The molecule has 0 aliphatic carbocycles. The van der Waals surface area contributed by atoms with E-state index >= 15 is 0 Å². The topological polar surface area (TPSA) is 106 Å². The van der Waals surface area contributed by atoms with Crippen LogP contribution >= 0.6 is 11.6 Å². The van der Waals surface area contributed by atoms with Gasteiger partial charge in [0.15, 0.2) is 0 Å². The minimum atomic E-state index is -1.10. The van der Waals surface area contributed by atoms with Gasteiger partial charge in [-0.05, 0) is 35.9 Å². The average molecular weight is 380 g/mol. The minimum absolute atomic E-state index is 0.501. The number of nitrogens with two attached hydrogens (primary N) is 1. The van der Waals surface area contributed by atoms with Gasteiger partial charge in [0.05, 0.1) is 10.7 Å². The Morgan fingerprint density at radius 1 is 1.11 bits per heavy atom. The Hall–Kier alpha value is -3.58. The van der Waals surface area contributed by atoms with Crippen LogP contribution in [0, 0.1) is 0 Å². The highest BCUT2D eigenvalue weighted by Gasteiger charge is 2.10. The summed E-state index contributed by atoms with van der Waals surface area (Å²) < 4.78 is 1.81. The number of hydrogen-bond acceptors (Lipinski definition) is 4. The summed E-state index contributed by atoms with van der Waals surface area (Å²) in [6.45, 7) is 0. The molecule has 0 aliphatic heterocycles. The van der Waals surface area contributed by atoms with Crippen molar-refractivity contribution < 1.29 is 9.90 Å². The molecule has 0 bridgehead atoms. The first-order valence-corrected chi connectivity index (χ1v) is 8.38. The lowest BCUT2D eigenvalue weighted by Gasteiger charge is -2.04. The summed E-state index contributed by atoms with van der Waals surface area (Å²) in [5, 5.41) is 11.6. The van der Waals surface area contributed by atoms with E-state index < -0.39 is 6.09 Å². The SMILES string of the molecule is Nc1ccc(Cl)c(-c2cn3cc(-c4ccc(NC(=O)O)cc4)cnc3n2)c1. The Morgan fingerprint density at radius 3 is 2.63 bits per heavy atom. The fraction of sp³-hybridized carbons (Fsp3) is 0. The monoisotopic (exact) mass is 379 g/mol. The Balaban J connectivity index is 1.70. The zero-order chi connectivity index (χ0) is 19.0. The third-order valence-corrected chi connectivity index (χ3v) is 4.38. The van der Waals surface area contributed by atoms with E-state index in [0.717, 1.165) is 16.7 Å². The van der Waals surface area contributed by atoms with Crippen LogP contribution in [0.15, 0.2) is 61.1 Å². The number of carboxylic acid groups (broad SMARTS) is 1. The average Bonchev–Trinajstić information content (AvgIpc) is 3.07. The van der Waals surface area contributed by atoms with Crippen LogP contribution < -0.4 is 11.1 Å². The van der Waals surface area contributed by atoms with Crippen LogP contribution in [0.5, 0.6) is 0 Å². The number of halogens is 1. The van der Waals surface area contributed by atoms with Crippen molar-refractivity contribution in [1.29, 1.82) is 0 Å². The second-order valence-corrected chi connectivity index (χ2v) is 6.33. The van der Waals surface area contributed by atoms with Crippen LogP contribution in [-0.2, 0) is 0 Å². The van der Waals surface area contributed by atoms with E-state index in [2.05, 4.69) is 15.3 Å². The third kappa shape index (κ3) is 3.40. The Morgan fingerprint density at radius 2 is 1.89 bits per heavy atom. The van der Waals surface area contributed by atoms with Crippen molar-refractivity contribution in [1.82, 2.24) is 14.4 Å². The van der Waals surface area contributed by atoms with Gasteiger partial charge in [0.1, 0.15) is 0 Å². The van der Waals surface area contributed by atoms with Crippen molar-refractivity contribution in [3.05, 3.63) is 66.1 Å². The smallest absolute Gasteiger partial charge is 0.409 e. The molecule has 4 aromatic rings. The molecular weight excluding hydrogens is 366 g/mol. The van der Waals surface area contributed by atoms with E-state index in [4.69, 9.17) is 22.4 Å². The Bertz CT molecular complexity index is 1150. The molecule has 0 spiro atoms. The van der Waals surface area contributed by atoms with Crippen LogP contribution in [0.2, 0.25) is 5.02 Å². The van der Waals surface area contributed by atoms with Gasteiger partial charge in [-0.15, -0.1) is 0 Å². The lowest BCUT2D eigenvalue weighted by molar-refractivity contribution is 0.210. The van der Waals surface area contributed by atoms with Crippen molar-refractivity contribution in [2.24, 2.45) is 0 Å². The largest absolute Gasteiger partial charge is 0.465 e. The van der Waals surface area contributed by atoms with Gasteiger partial charge >= 0.3 is 6.09 Å². The molecular formula is C19H14ClN5O2. The first-order valence-electron chi connectivity index (χ1n) is 8.00. The van der Waals surface area contributed by atoms with E-state index in [1.54, 1.807) is 36.5 Å². The summed E-state index contributed by atoms with van der Waals surface area (Å²) >= 11 is 6.26. The molecule has 0 unspecified atom stereocenters. The molecule has 0 fully saturated rings. The number of nitrogen functional groups attached to an aromatic ring is 1. The number of amides is 1. The van der Waals surface area contributed by atoms with Crippen LogP contribution in [0.4, 0.5) is 16.2 Å². The van der Waals surface area contributed by atoms with Crippen LogP contribution in [0.1, 0.15) is 0 Å². The van der Waals surface area contributed by atoms with Gasteiger partial charge in [-0.2, -0.15) is 0 Å². The summed E-state index contributed by atoms with van der Waals surface area (Å²) in [6, 6.07) is 12.3. The fourth-order valence-electron chi connectivity index (χ4n) is 2.77. The first-order chi connectivity index (χ1) is 13.0. The molecule has 0 atom stereocenters. The number of benzene rings is 2. The van der Waals surface area contributed by atoms with Gasteiger partial charge < -0.3 is 10.8 Å². The maximum absolute atomic E-state index is 10.7. The predicted molar refractivity (Wildman–Crippen MR) is 105 cm³/mol. The second-order valence-electron chi connectivity index (χ2n) is 5.92. The molecule has 2 heterocycles. The molecule has 8 heteroatoms. The number of nitrogens with zero attached hydrogens (tertiary/aromatic N) is 3. The van der Waals surface area contributed by atoms with Gasteiger partial charge in [0, 0.05) is 41.1 Å². The zero-order valence-corrected chi connectivity index (χ0v) is 14.7. The summed E-state index contributed by atoms with van der Waals surface area (Å²) in [6.07, 6.45) is 4.36. The maximum atomic E-state index is 10.7. The second kappa shape index (κ2) is 6.62. The number of aromatic nitrogens is 3. The van der Waals surface area contributed by atoms with Crippen molar-refractivity contribution in [3.8, 4) is 22.4 Å². The standard InChI is InChI=1S/C19H14ClN5O2/c20-16-6-3-13(21)7-15(16)17-10-25-9-12(8-22-18(25)24-17)11-1-4-14(5-2-11)23-19(26)27/h1-10,23H,21H2,(H,26,27). The normalized spacial score (nSPS) is 10.9. The van der Waals surface area contributed by atoms with Crippen molar-refractivity contribution >= 4 is 34.8 Å². The van der Waals surface area contributed by atoms with Crippen molar-refractivity contribution in [3.63, 3.8) is 0 Å². The van der Waals surface area contributed by atoms with E-state index in [9.17, 15) is 4.79 Å². The first kappa shape index (κ1) is 16.9. The molecule has 0 saturated heterocycles.